The van der Waals surface area contributed by atoms with Crippen LogP contribution in [0.2, 0.25) is 0 Å². The molecule has 0 saturated carbocycles. The summed E-state index contributed by atoms with van der Waals surface area (Å²) < 4.78 is 0. The van der Waals surface area contributed by atoms with E-state index in [1.807, 2.05) is 25.7 Å². The molecule has 2 nitrogen and oxygen atoms in total. The maximum Gasteiger partial charge on any atom is 0.228 e. The molecule has 0 aliphatic heterocycles. The third-order valence-corrected chi connectivity index (χ3v) is 6.21. The number of carbonyl (C=O) groups is 1. The van der Waals surface area contributed by atoms with Crippen LogP contribution in [0.5, 0.6) is 0 Å². The number of rotatable bonds is 7. The highest BCUT2D eigenvalue weighted by Gasteiger charge is 2.28. The lowest BCUT2D eigenvalue weighted by Crippen LogP contribution is -2.40. The van der Waals surface area contributed by atoms with Crippen molar-refractivity contribution in [2.75, 3.05) is 6.54 Å². The molecular weight excluding hydrogens is 402 g/mol. The van der Waals surface area contributed by atoms with Crippen LogP contribution in [0.3, 0.4) is 0 Å². The van der Waals surface area contributed by atoms with E-state index < -0.39 is 5.41 Å². The SMILES string of the molecule is CC(C)(C)C(=O)N(CCC(c1ccccc1)c1ccccc1)Cc1ccc(C(C)(C)C)cc1. The molecule has 3 aromatic carbocycles. The molecule has 0 heterocycles. The summed E-state index contributed by atoms with van der Waals surface area (Å²) in [5, 5.41) is 0. The predicted molar refractivity (Wildman–Crippen MR) is 139 cm³/mol. The van der Waals surface area contributed by atoms with Gasteiger partial charge in [0.25, 0.3) is 0 Å². The van der Waals surface area contributed by atoms with E-state index in [0.29, 0.717) is 13.1 Å². The van der Waals surface area contributed by atoms with Crippen molar-refractivity contribution >= 4 is 5.91 Å². The van der Waals surface area contributed by atoms with E-state index in [9.17, 15) is 4.79 Å². The molecule has 0 fully saturated rings. The molecule has 33 heavy (non-hydrogen) atoms. The lowest BCUT2D eigenvalue weighted by Gasteiger charge is -2.31. The van der Waals surface area contributed by atoms with E-state index in [1.165, 1.54) is 22.3 Å². The minimum atomic E-state index is -0.416. The van der Waals surface area contributed by atoms with Gasteiger partial charge in [-0.25, -0.2) is 0 Å². The lowest BCUT2D eigenvalue weighted by molar-refractivity contribution is -0.140. The summed E-state index contributed by atoms with van der Waals surface area (Å²) in [4.78, 5) is 15.5. The molecule has 174 valence electrons. The van der Waals surface area contributed by atoms with Crippen molar-refractivity contribution in [3.05, 3.63) is 107 Å². The number of hydrogen-bond donors (Lipinski definition) is 0. The van der Waals surface area contributed by atoms with Gasteiger partial charge in [0.2, 0.25) is 5.91 Å². The number of amides is 1. The van der Waals surface area contributed by atoms with Gasteiger partial charge in [-0.1, -0.05) is 126 Å². The zero-order chi connectivity index (χ0) is 24.1. The first-order valence-corrected chi connectivity index (χ1v) is 12.0. The van der Waals surface area contributed by atoms with Crippen LogP contribution in [-0.4, -0.2) is 17.4 Å². The molecule has 0 bridgehead atoms. The molecule has 0 spiro atoms. The van der Waals surface area contributed by atoms with Crippen molar-refractivity contribution in [3.8, 4) is 0 Å². The van der Waals surface area contributed by atoms with Gasteiger partial charge in [0.05, 0.1) is 0 Å². The Hall–Kier alpha value is -2.87. The van der Waals surface area contributed by atoms with Gasteiger partial charge in [-0.05, 0) is 34.1 Å². The fourth-order valence-corrected chi connectivity index (χ4v) is 4.24. The maximum absolute atomic E-state index is 13.4. The summed E-state index contributed by atoms with van der Waals surface area (Å²) in [6, 6.07) is 30.0. The zero-order valence-electron chi connectivity index (χ0n) is 21.1. The second-order valence-corrected chi connectivity index (χ2v) is 11.1. The Morgan fingerprint density at radius 3 is 1.64 bits per heavy atom. The van der Waals surface area contributed by atoms with Gasteiger partial charge >= 0.3 is 0 Å². The highest BCUT2D eigenvalue weighted by Crippen LogP contribution is 2.30. The fourth-order valence-electron chi connectivity index (χ4n) is 4.24. The average molecular weight is 442 g/mol. The van der Waals surface area contributed by atoms with Crippen LogP contribution < -0.4 is 0 Å². The van der Waals surface area contributed by atoms with Crippen LogP contribution in [0.25, 0.3) is 0 Å². The summed E-state index contributed by atoms with van der Waals surface area (Å²) in [6.07, 6.45) is 0.885. The fraction of sp³-hybridized carbons (Fsp3) is 0.387. The van der Waals surface area contributed by atoms with Gasteiger partial charge in [-0.15, -0.1) is 0 Å². The van der Waals surface area contributed by atoms with Crippen LogP contribution in [-0.2, 0) is 16.8 Å². The number of nitrogens with zero attached hydrogens (tertiary/aromatic N) is 1. The molecule has 0 aliphatic carbocycles. The van der Waals surface area contributed by atoms with Crippen molar-refractivity contribution in [2.24, 2.45) is 5.41 Å². The van der Waals surface area contributed by atoms with E-state index in [1.54, 1.807) is 0 Å². The van der Waals surface area contributed by atoms with E-state index in [0.717, 1.165) is 6.42 Å². The number of benzene rings is 3. The highest BCUT2D eigenvalue weighted by molar-refractivity contribution is 5.81. The first-order chi connectivity index (χ1) is 15.6. The topological polar surface area (TPSA) is 20.3 Å². The maximum atomic E-state index is 13.4. The Morgan fingerprint density at radius 2 is 1.21 bits per heavy atom. The van der Waals surface area contributed by atoms with Crippen molar-refractivity contribution in [3.63, 3.8) is 0 Å². The highest BCUT2D eigenvalue weighted by atomic mass is 16.2. The third-order valence-electron chi connectivity index (χ3n) is 6.21. The molecule has 2 heteroatoms. The van der Waals surface area contributed by atoms with Crippen LogP contribution in [0, 0.1) is 5.41 Å². The van der Waals surface area contributed by atoms with Crippen LogP contribution in [0.4, 0.5) is 0 Å². The molecule has 3 aromatic rings. The summed E-state index contributed by atoms with van der Waals surface area (Å²) in [5.74, 6) is 0.452. The smallest absolute Gasteiger partial charge is 0.228 e. The minimum Gasteiger partial charge on any atom is -0.338 e. The van der Waals surface area contributed by atoms with Crippen molar-refractivity contribution in [1.29, 1.82) is 0 Å². The number of carbonyl (C=O) groups excluding carboxylic acids is 1. The molecule has 0 N–H and O–H groups in total. The Morgan fingerprint density at radius 1 is 0.727 bits per heavy atom. The van der Waals surface area contributed by atoms with Gasteiger partial charge in [-0.3, -0.25) is 4.79 Å². The van der Waals surface area contributed by atoms with Crippen molar-refractivity contribution in [1.82, 2.24) is 4.90 Å². The lowest BCUT2D eigenvalue weighted by atomic mass is 9.86. The molecule has 0 radical (unpaired) electrons. The first-order valence-electron chi connectivity index (χ1n) is 12.0. The van der Waals surface area contributed by atoms with E-state index >= 15 is 0 Å². The molecule has 1 amide bonds. The van der Waals surface area contributed by atoms with Crippen LogP contribution in [0.1, 0.15) is 76.1 Å². The van der Waals surface area contributed by atoms with Gasteiger partial charge < -0.3 is 4.90 Å². The second kappa shape index (κ2) is 10.4. The van der Waals surface area contributed by atoms with Gasteiger partial charge in [0.1, 0.15) is 0 Å². The monoisotopic (exact) mass is 441 g/mol. The average Bonchev–Trinajstić information content (AvgIpc) is 2.78. The largest absolute Gasteiger partial charge is 0.338 e. The molecule has 0 saturated heterocycles. The minimum absolute atomic E-state index is 0.123. The first kappa shape index (κ1) is 24.8. The van der Waals surface area contributed by atoms with E-state index in [2.05, 4.69) is 106 Å². The molecule has 0 atom stereocenters. The van der Waals surface area contributed by atoms with E-state index in [4.69, 9.17) is 0 Å². The van der Waals surface area contributed by atoms with Gasteiger partial charge in [0.15, 0.2) is 0 Å². The molecule has 3 rings (SSSR count). The molecule has 0 aliphatic rings. The molecular formula is C31H39NO. The summed E-state index contributed by atoms with van der Waals surface area (Å²) in [7, 11) is 0. The second-order valence-electron chi connectivity index (χ2n) is 11.1. The van der Waals surface area contributed by atoms with Crippen LogP contribution in [0.15, 0.2) is 84.9 Å². The quantitative estimate of drug-likeness (QED) is 0.370. The predicted octanol–water partition coefficient (Wildman–Crippen LogP) is 7.58. The molecule has 0 aromatic heterocycles. The summed E-state index contributed by atoms with van der Waals surface area (Å²) in [6.45, 7) is 14.1. The van der Waals surface area contributed by atoms with Gasteiger partial charge in [-0.2, -0.15) is 0 Å². The number of hydrogen-bond acceptors (Lipinski definition) is 1. The van der Waals surface area contributed by atoms with Crippen molar-refractivity contribution < 1.29 is 4.79 Å². The Kier molecular flexibility index (Phi) is 7.79. The Labute approximate surface area is 200 Å². The normalized spacial score (nSPS) is 12.1. The third kappa shape index (κ3) is 6.81. The van der Waals surface area contributed by atoms with Gasteiger partial charge in [0, 0.05) is 24.4 Å². The summed E-state index contributed by atoms with van der Waals surface area (Å²) in [5.41, 5.74) is 4.78. The standard InChI is InChI=1S/C31H39NO/c1-30(2,3)27-19-17-24(18-20-27)23-32(29(33)31(4,5)6)22-21-28(25-13-9-7-10-14-25)26-15-11-8-12-16-26/h7-20,28H,21-23H2,1-6H3. The summed E-state index contributed by atoms with van der Waals surface area (Å²) >= 11 is 0. The van der Waals surface area contributed by atoms with Crippen molar-refractivity contribution in [2.45, 2.75) is 65.8 Å². The van der Waals surface area contributed by atoms with Crippen LogP contribution >= 0.6 is 0 Å². The molecule has 0 unspecified atom stereocenters. The Balaban J connectivity index is 1.84. The van der Waals surface area contributed by atoms with E-state index in [-0.39, 0.29) is 17.2 Å². The zero-order valence-corrected chi connectivity index (χ0v) is 21.1. The Bertz CT molecular complexity index is 969.